The molecule has 28 heavy (non-hydrogen) atoms. The van der Waals surface area contributed by atoms with Crippen LogP contribution in [-0.4, -0.2) is 11.9 Å². The van der Waals surface area contributed by atoms with E-state index in [0.717, 1.165) is 16.2 Å². The first-order chi connectivity index (χ1) is 13.1. The van der Waals surface area contributed by atoms with Crippen molar-refractivity contribution in [3.05, 3.63) is 95.0 Å². The second kappa shape index (κ2) is 11.1. The van der Waals surface area contributed by atoms with Crippen LogP contribution < -0.4 is 11.1 Å². The van der Waals surface area contributed by atoms with Crippen molar-refractivity contribution in [2.75, 3.05) is 5.32 Å². The van der Waals surface area contributed by atoms with E-state index in [-0.39, 0.29) is 18.3 Å². The number of benzene rings is 3. The first kappa shape index (κ1) is 22.3. The average molecular weight is 433 g/mol. The van der Waals surface area contributed by atoms with Gasteiger partial charge in [-0.3, -0.25) is 4.79 Å². The maximum atomic E-state index is 12.3. The molecule has 0 radical (unpaired) electrons. The average Bonchev–Trinajstić information content (AvgIpc) is 2.69. The number of amides is 1. The zero-order chi connectivity index (χ0) is 19.1. The molecule has 3 N–H and O–H groups in total. The van der Waals surface area contributed by atoms with Gasteiger partial charge in [0.25, 0.3) is 0 Å². The van der Waals surface area contributed by atoms with Crippen molar-refractivity contribution in [3.8, 4) is 0 Å². The van der Waals surface area contributed by atoms with Gasteiger partial charge in [-0.2, -0.15) is 0 Å². The molecule has 0 aliphatic heterocycles. The van der Waals surface area contributed by atoms with Gasteiger partial charge in [0.15, 0.2) is 0 Å². The van der Waals surface area contributed by atoms with Crippen LogP contribution in [0.5, 0.6) is 0 Å². The molecule has 0 saturated carbocycles. The number of nitrogens with one attached hydrogen (secondary N) is 1. The van der Waals surface area contributed by atoms with Crippen molar-refractivity contribution in [1.82, 2.24) is 0 Å². The number of thioether (sulfide) groups is 1. The van der Waals surface area contributed by atoms with Crippen molar-refractivity contribution in [3.63, 3.8) is 0 Å². The van der Waals surface area contributed by atoms with Gasteiger partial charge >= 0.3 is 0 Å². The molecule has 0 saturated heterocycles. The van der Waals surface area contributed by atoms with Gasteiger partial charge in [-0.15, -0.1) is 24.2 Å². The Bertz CT molecular complexity index is 892. The number of anilines is 1. The molecule has 0 unspecified atom stereocenters. The summed E-state index contributed by atoms with van der Waals surface area (Å²) in [5, 5.41) is 3.46. The Morgan fingerprint density at radius 3 is 2.18 bits per heavy atom. The predicted octanol–water partition coefficient (Wildman–Crippen LogP) is 5.56. The largest absolute Gasteiger partial charge is 0.325 e. The topological polar surface area (TPSA) is 55.1 Å². The van der Waals surface area contributed by atoms with E-state index >= 15 is 0 Å². The fourth-order valence-electron chi connectivity index (χ4n) is 2.63. The van der Waals surface area contributed by atoms with Gasteiger partial charge in [0.1, 0.15) is 0 Å². The number of nitrogens with two attached hydrogens (primary N) is 1. The Morgan fingerprint density at radius 1 is 0.964 bits per heavy atom. The van der Waals surface area contributed by atoms with Crippen LogP contribution in [0.2, 0.25) is 5.02 Å². The predicted molar refractivity (Wildman–Crippen MR) is 121 cm³/mol. The van der Waals surface area contributed by atoms with Crippen molar-refractivity contribution in [1.29, 1.82) is 0 Å². The lowest BCUT2D eigenvalue weighted by molar-refractivity contribution is -0.117. The Balaban J connectivity index is 0.00000280. The first-order valence-electron chi connectivity index (χ1n) is 8.68. The molecule has 0 aliphatic carbocycles. The van der Waals surface area contributed by atoms with Crippen LogP contribution in [0.3, 0.4) is 0 Å². The third kappa shape index (κ3) is 6.57. The summed E-state index contributed by atoms with van der Waals surface area (Å²) in [5.41, 5.74) is 8.95. The maximum absolute atomic E-state index is 12.3. The Morgan fingerprint density at radius 2 is 1.57 bits per heavy atom. The van der Waals surface area contributed by atoms with Gasteiger partial charge < -0.3 is 11.1 Å². The fraction of sp³-hybridized carbons (Fsp3) is 0.136. The van der Waals surface area contributed by atoms with Crippen LogP contribution in [0.15, 0.2) is 83.8 Å². The van der Waals surface area contributed by atoms with Crippen LogP contribution in [0.4, 0.5) is 5.69 Å². The van der Waals surface area contributed by atoms with Crippen LogP contribution >= 0.6 is 35.8 Å². The highest BCUT2D eigenvalue weighted by Gasteiger charge is 2.15. The molecule has 1 amide bonds. The highest BCUT2D eigenvalue weighted by Crippen LogP contribution is 2.31. The van der Waals surface area contributed by atoms with Crippen molar-refractivity contribution >= 4 is 47.4 Å². The molecule has 0 bridgehead atoms. The van der Waals surface area contributed by atoms with E-state index in [0.29, 0.717) is 17.1 Å². The van der Waals surface area contributed by atoms with Gasteiger partial charge in [-0.25, -0.2) is 0 Å². The molecular weight excluding hydrogens is 411 g/mol. The number of carbonyl (C=O) groups is 1. The van der Waals surface area contributed by atoms with Gasteiger partial charge in [-0.05, 0) is 35.7 Å². The summed E-state index contributed by atoms with van der Waals surface area (Å²) in [4.78, 5) is 13.3. The second-order valence-corrected chi connectivity index (χ2v) is 7.63. The van der Waals surface area contributed by atoms with E-state index in [1.54, 1.807) is 17.8 Å². The van der Waals surface area contributed by atoms with Gasteiger partial charge in [-0.1, -0.05) is 72.3 Å². The number of rotatable bonds is 7. The quantitative estimate of drug-likeness (QED) is 0.480. The highest BCUT2D eigenvalue weighted by atomic mass is 35.5. The van der Waals surface area contributed by atoms with Crippen LogP contribution in [-0.2, 0) is 17.0 Å². The van der Waals surface area contributed by atoms with E-state index < -0.39 is 6.04 Å². The molecule has 3 rings (SSSR count). The lowest BCUT2D eigenvalue weighted by atomic mass is 10.1. The number of halogens is 2. The zero-order valence-electron chi connectivity index (χ0n) is 15.2. The molecule has 146 valence electrons. The van der Waals surface area contributed by atoms with E-state index in [4.69, 9.17) is 17.3 Å². The van der Waals surface area contributed by atoms with Gasteiger partial charge in [0, 0.05) is 16.3 Å². The molecule has 0 spiro atoms. The molecule has 0 fully saturated rings. The second-order valence-electron chi connectivity index (χ2n) is 6.20. The standard InChI is InChI=1S/C22H21ClN2OS.ClH/c23-19-14-18(11-12-21(19)27-15-17-9-5-2-6-10-17)25-22(26)20(24)13-16-7-3-1-4-8-16;/h1-12,14,20H,13,15,24H2,(H,25,26);1H/t20-;/m0./s1. The van der Waals surface area contributed by atoms with E-state index in [9.17, 15) is 4.79 Å². The lowest BCUT2D eigenvalue weighted by Gasteiger charge is -2.13. The van der Waals surface area contributed by atoms with Crippen molar-refractivity contribution in [2.24, 2.45) is 5.73 Å². The fourth-order valence-corrected chi connectivity index (χ4v) is 3.85. The Kier molecular flexibility index (Phi) is 8.87. The van der Waals surface area contributed by atoms with Crippen molar-refractivity contribution in [2.45, 2.75) is 23.1 Å². The number of hydrogen-bond acceptors (Lipinski definition) is 3. The molecule has 3 aromatic rings. The molecule has 3 aromatic carbocycles. The van der Waals surface area contributed by atoms with E-state index in [1.807, 2.05) is 60.7 Å². The zero-order valence-corrected chi connectivity index (χ0v) is 17.6. The normalized spacial score (nSPS) is 11.4. The first-order valence-corrected chi connectivity index (χ1v) is 10.0. The number of hydrogen-bond donors (Lipinski definition) is 2. The summed E-state index contributed by atoms with van der Waals surface area (Å²) in [7, 11) is 0. The maximum Gasteiger partial charge on any atom is 0.241 e. The summed E-state index contributed by atoms with van der Waals surface area (Å²) < 4.78 is 0. The molecular formula is C22H22Cl2N2OS. The van der Waals surface area contributed by atoms with E-state index in [1.165, 1.54) is 5.56 Å². The van der Waals surface area contributed by atoms with Crippen LogP contribution in [0.1, 0.15) is 11.1 Å². The third-order valence-electron chi connectivity index (χ3n) is 4.07. The van der Waals surface area contributed by atoms with Crippen LogP contribution in [0, 0.1) is 0 Å². The summed E-state index contributed by atoms with van der Waals surface area (Å²) in [6.07, 6.45) is 0.491. The lowest BCUT2D eigenvalue weighted by Crippen LogP contribution is -2.37. The monoisotopic (exact) mass is 432 g/mol. The third-order valence-corrected chi connectivity index (χ3v) is 5.64. The van der Waals surface area contributed by atoms with Crippen LogP contribution in [0.25, 0.3) is 0 Å². The number of carbonyl (C=O) groups excluding carboxylic acids is 1. The smallest absolute Gasteiger partial charge is 0.241 e. The molecule has 0 aliphatic rings. The summed E-state index contributed by atoms with van der Waals surface area (Å²) in [5.74, 6) is 0.619. The Hall–Kier alpha value is -1.98. The molecule has 1 atom stereocenters. The minimum Gasteiger partial charge on any atom is -0.325 e. The SMILES string of the molecule is Cl.N[C@@H](Cc1ccccc1)C(=O)Nc1ccc(SCc2ccccc2)c(Cl)c1. The molecule has 0 heterocycles. The van der Waals surface area contributed by atoms with Crippen molar-refractivity contribution < 1.29 is 4.79 Å². The van der Waals surface area contributed by atoms with Gasteiger partial charge in [0.2, 0.25) is 5.91 Å². The molecule has 3 nitrogen and oxygen atoms in total. The molecule has 6 heteroatoms. The summed E-state index contributed by atoms with van der Waals surface area (Å²) >= 11 is 8.05. The highest BCUT2D eigenvalue weighted by molar-refractivity contribution is 7.98. The minimum atomic E-state index is -0.613. The summed E-state index contributed by atoms with van der Waals surface area (Å²) in [6, 6.07) is 24.9. The van der Waals surface area contributed by atoms with E-state index in [2.05, 4.69) is 17.4 Å². The molecule has 0 aromatic heterocycles. The summed E-state index contributed by atoms with van der Waals surface area (Å²) in [6.45, 7) is 0. The minimum absolute atomic E-state index is 0. The Labute approximate surface area is 181 Å². The van der Waals surface area contributed by atoms with Gasteiger partial charge in [0.05, 0.1) is 11.1 Å².